The van der Waals surface area contributed by atoms with Crippen molar-refractivity contribution in [1.29, 1.82) is 0 Å². The van der Waals surface area contributed by atoms with Crippen molar-refractivity contribution in [2.24, 2.45) is 5.10 Å². The van der Waals surface area contributed by atoms with Crippen LogP contribution in [-0.4, -0.2) is 55.7 Å². The summed E-state index contributed by atoms with van der Waals surface area (Å²) < 4.78 is 40.0. The maximum atomic E-state index is 12.2. The van der Waals surface area contributed by atoms with Crippen molar-refractivity contribution in [2.45, 2.75) is 26.6 Å². The van der Waals surface area contributed by atoms with Crippen LogP contribution in [0.15, 0.2) is 47.2 Å². The van der Waals surface area contributed by atoms with E-state index >= 15 is 0 Å². The first kappa shape index (κ1) is 20.8. The highest BCUT2D eigenvalue weighted by atomic mass is 32.2. The first-order chi connectivity index (χ1) is 12.8. The smallest absolute Gasteiger partial charge is 0.490 e. The summed E-state index contributed by atoms with van der Waals surface area (Å²) in [5.41, 5.74) is 0.777. The lowest BCUT2D eigenvalue weighted by molar-refractivity contribution is 0.0540. The summed E-state index contributed by atoms with van der Waals surface area (Å²) in [4.78, 5) is 11.5. The summed E-state index contributed by atoms with van der Waals surface area (Å²) >= 11 is 0. The molecule has 1 aliphatic heterocycles. The molecule has 0 bridgehead atoms. The van der Waals surface area contributed by atoms with Gasteiger partial charge in [0.25, 0.3) is 0 Å². The highest BCUT2D eigenvalue weighted by molar-refractivity contribution is 7.90. The summed E-state index contributed by atoms with van der Waals surface area (Å²) in [6.07, 6.45) is 0.0665. The minimum absolute atomic E-state index is 0.0188. The Balaban J connectivity index is 1.78. The molecule has 1 heterocycles. The van der Waals surface area contributed by atoms with E-state index in [2.05, 4.69) is 5.10 Å². The molecule has 146 valence electrons. The Morgan fingerprint density at radius 2 is 1.96 bits per heavy atom. The molecule has 1 aromatic rings. The van der Waals surface area contributed by atoms with Gasteiger partial charge < -0.3 is 19.2 Å². The van der Waals surface area contributed by atoms with Gasteiger partial charge in [0.15, 0.2) is 0 Å². The van der Waals surface area contributed by atoms with E-state index in [4.69, 9.17) is 14.2 Å². The molecule has 2 rings (SSSR count). The van der Waals surface area contributed by atoms with Crippen molar-refractivity contribution in [2.75, 3.05) is 12.4 Å². The fourth-order valence-electron chi connectivity index (χ4n) is 2.10. The Bertz CT molecular complexity index is 796. The summed E-state index contributed by atoms with van der Waals surface area (Å²) in [6, 6.07) is 8.98. The average Bonchev–Trinajstić information content (AvgIpc) is 2.60. The molecule has 1 aliphatic rings. The third-order valence-electron chi connectivity index (χ3n) is 3.26. The molecule has 0 aromatic heterocycles. The fourth-order valence-corrected chi connectivity index (χ4v) is 3.16. The van der Waals surface area contributed by atoms with E-state index in [9.17, 15) is 18.2 Å². The number of carbonyl (C=O) groups excluding carboxylic acids is 1. The normalized spacial score (nSPS) is 14.1. The van der Waals surface area contributed by atoms with Crippen LogP contribution in [0.5, 0.6) is 0 Å². The van der Waals surface area contributed by atoms with Crippen molar-refractivity contribution in [3.8, 4) is 0 Å². The van der Waals surface area contributed by atoms with E-state index in [1.165, 1.54) is 12.2 Å². The van der Waals surface area contributed by atoms with Crippen LogP contribution in [0, 0.1) is 0 Å². The van der Waals surface area contributed by atoms with Crippen molar-refractivity contribution in [3.63, 3.8) is 0 Å². The van der Waals surface area contributed by atoms with Gasteiger partial charge in [-0.3, -0.25) is 0 Å². The molecule has 1 N–H and O–H groups in total. The topological polar surface area (TPSA) is 115 Å². The highest BCUT2D eigenvalue weighted by Gasteiger charge is 2.33. The largest absolute Gasteiger partial charge is 0.508 e. The Kier molecular flexibility index (Phi) is 7.25. The monoisotopic (exact) mass is 396 g/mol. The van der Waals surface area contributed by atoms with E-state index in [0.29, 0.717) is 4.33 Å². The van der Waals surface area contributed by atoms with Gasteiger partial charge in [0.2, 0.25) is 10.0 Å². The molecule has 0 radical (unpaired) electrons. The first-order valence-electron chi connectivity index (χ1n) is 8.24. The molecule has 0 unspecified atom stereocenters. The molecule has 0 saturated carbocycles. The Labute approximate surface area is 158 Å². The van der Waals surface area contributed by atoms with Gasteiger partial charge in [-0.1, -0.05) is 30.3 Å². The predicted molar refractivity (Wildman–Crippen MR) is 99.0 cm³/mol. The number of carbonyl (C=O) groups is 1. The molecule has 27 heavy (non-hydrogen) atoms. The fraction of sp³-hybridized carbons (Fsp3) is 0.375. The average molecular weight is 396 g/mol. The van der Waals surface area contributed by atoms with Crippen LogP contribution >= 0.6 is 0 Å². The van der Waals surface area contributed by atoms with Gasteiger partial charge in [-0.15, -0.1) is 0 Å². The molecule has 0 spiro atoms. The lowest BCUT2D eigenvalue weighted by Gasteiger charge is -2.23. The van der Waals surface area contributed by atoms with Gasteiger partial charge >= 0.3 is 13.2 Å². The van der Waals surface area contributed by atoms with Gasteiger partial charge in [-0.05, 0) is 25.4 Å². The number of sulfonamides is 1. The van der Waals surface area contributed by atoms with Crippen LogP contribution in [0.2, 0.25) is 0 Å². The molecule has 11 heteroatoms. The van der Waals surface area contributed by atoms with Crippen LogP contribution in [-0.2, 0) is 30.8 Å². The van der Waals surface area contributed by atoms with E-state index in [-0.39, 0.29) is 18.5 Å². The SMILES string of the molecule is CC(C)OC1=CB(O)N(S(=O)(=O)CCOC(=O)OCc2ccccc2)N=C1. The van der Waals surface area contributed by atoms with Crippen molar-refractivity contribution in [1.82, 2.24) is 4.33 Å². The maximum Gasteiger partial charge on any atom is 0.508 e. The summed E-state index contributed by atoms with van der Waals surface area (Å²) in [7, 11) is -5.50. The van der Waals surface area contributed by atoms with Crippen LogP contribution in [0.3, 0.4) is 0 Å². The summed E-state index contributed by atoms with van der Waals surface area (Å²) in [6.45, 7) is 3.16. The second-order valence-corrected chi connectivity index (χ2v) is 7.80. The number of allylic oxidation sites excluding steroid dienone is 1. The number of hydrogen-bond donors (Lipinski definition) is 1. The maximum absolute atomic E-state index is 12.2. The van der Waals surface area contributed by atoms with E-state index in [1.54, 1.807) is 38.1 Å². The molecular weight excluding hydrogens is 375 g/mol. The Morgan fingerprint density at radius 1 is 1.26 bits per heavy atom. The number of benzene rings is 1. The van der Waals surface area contributed by atoms with Gasteiger partial charge in [-0.25, -0.2) is 17.5 Å². The summed E-state index contributed by atoms with van der Waals surface area (Å²) in [5, 5.41) is 13.6. The third kappa shape index (κ3) is 6.61. The Morgan fingerprint density at radius 3 is 2.59 bits per heavy atom. The molecule has 9 nitrogen and oxygen atoms in total. The van der Waals surface area contributed by atoms with E-state index in [1.807, 2.05) is 6.07 Å². The van der Waals surface area contributed by atoms with Crippen LogP contribution in [0.25, 0.3) is 0 Å². The van der Waals surface area contributed by atoms with E-state index < -0.39 is 35.6 Å². The minimum Gasteiger partial charge on any atom is -0.490 e. The molecule has 0 atom stereocenters. The third-order valence-corrected chi connectivity index (χ3v) is 4.82. The quantitative estimate of drug-likeness (QED) is 0.520. The van der Waals surface area contributed by atoms with Gasteiger partial charge in [0.05, 0.1) is 12.3 Å². The summed E-state index contributed by atoms with van der Waals surface area (Å²) in [5.74, 6) is 0.931. The van der Waals surface area contributed by atoms with Crippen molar-refractivity contribution < 1.29 is 32.4 Å². The van der Waals surface area contributed by atoms with E-state index in [0.717, 1.165) is 5.56 Å². The molecular formula is C16H21BN2O7S. The second kappa shape index (κ2) is 9.42. The predicted octanol–water partition coefficient (Wildman–Crippen LogP) is 1.30. The second-order valence-electron chi connectivity index (χ2n) is 5.86. The zero-order chi connectivity index (χ0) is 19.9. The molecule has 0 fully saturated rings. The minimum atomic E-state index is -3.99. The van der Waals surface area contributed by atoms with Crippen LogP contribution < -0.4 is 0 Å². The number of hydrazone groups is 1. The number of hydrogen-bond acceptors (Lipinski definition) is 8. The first-order valence-corrected chi connectivity index (χ1v) is 9.85. The molecule has 0 saturated heterocycles. The Hall–Kier alpha value is -2.53. The molecule has 0 aliphatic carbocycles. The van der Waals surface area contributed by atoms with Gasteiger partial charge in [0.1, 0.15) is 24.7 Å². The zero-order valence-electron chi connectivity index (χ0n) is 15.0. The molecule has 0 amide bonds. The number of ether oxygens (including phenoxy) is 3. The highest BCUT2D eigenvalue weighted by Crippen LogP contribution is 2.13. The standard InChI is InChI=1S/C16H21BN2O7S/c1-13(2)26-15-10-17(21)19(18-11-15)27(22,23)9-8-24-16(20)25-12-14-6-4-3-5-7-14/h3-7,10-11,13,21H,8-9,12H2,1-2H3. The van der Waals surface area contributed by atoms with Crippen molar-refractivity contribution in [3.05, 3.63) is 47.6 Å². The van der Waals surface area contributed by atoms with Gasteiger partial charge in [-0.2, -0.15) is 5.10 Å². The van der Waals surface area contributed by atoms with Crippen LogP contribution in [0.1, 0.15) is 19.4 Å². The number of nitrogens with zero attached hydrogens (tertiary/aromatic N) is 2. The van der Waals surface area contributed by atoms with Crippen molar-refractivity contribution >= 4 is 29.4 Å². The lowest BCUT2D eigenvalue weighted by Crippen LogP contribution is -2.43. The zero-order valence-corrected chi connectivity index (χ0v) is 15.8. The van der Waals surface area contributed by atoms with Crippen LogP contribution in [0.4, 0.5) is 4.79 Å². The molecule has 1 aromatic carbocycles. The lowest BCUT2D eigenvalue weighted by atomic mass is 9.84. The number of rotatable bonds is 8. The van der Waals surface area contributed by atoms with Gasteiger partial charge in [0, 0.05) is 0 Å².